The van der Waals surface area contributed by atoms with Crippen molar-refractivity contribution < 1.29 is 28.7 Å². The van der Waals surface area contributed by atoms with Crippen molar-refractivity contribution in [1.82, 2.24) is 29.4 Å². The summed E-state index contributed by atoms with van der Waals surface area (Å²) < 4.78 is 13.6. The molecule has 12 nitrogen and oxygen atoms in total. The molecule has 2 aliphatic heterocycles. The first kappa shape index (κ1) is 35.8. The van der Waals surface area contributed by atoms with Gasteiger partial charge in [0.1, 0.15) is 23.9 Å². The second kappa shape index (κ2) is 15.7. The number of likely N-dealkylation sites (tertiary alicyclic amines) is 1. The number of rotatable bonds is 6. The van der Waals surface area contributed by atoms with Crippen LogP contribution in [0.1, 0.15) is 76.1 Å². The number of amides is 4. The molecular weight excluding hydrogens is 600 g/mol. The fourth-order valence-electron chi connectivity index (χ4n) is 6.28. The van der Waals surface area contributed by atoms with Gasteiger partial charge in [-0.05, 0) is 77.5 Å². The van der Waals surface area contributed by atoms with Gasteiger partial charge in [0.05, 0.1) is 12.2 Å². The zero-order valence-corrected chi connectivity index (χ0v) is 28.9. The van der Waals surface area contributed by atoms with Gasteiger partial charge in [-0.1, -0.05) is 18.6 Å². The Labute approximate surface area is 278 Å². The van der Waals surface area contributed by atoms with Crippen molar-refractivity contribution >= 4 is 23.8 Å². The Morgan fingerprint density at radius 2 is 1.77 bits per heavy atom. The van der Waals surface area contributed by atoms with Crippen molar-refractivity contribution in [3.63, 3.8) is 0 Å². The molecule has 1 spiro atoms. The molecule has 1 atom stereocenters. The maximum absolute atomic E-state index is 14.0. The van der Waals surface area contributed by atoms with Crippen LogP contribution >= 0.6 is 0 Å². The van der Waals surface area contributed by atoms with E-state index in [9.17, 15) is 19.2 Å². The van der Waals surface area contributed by atoms with Crippen LogP contribution in [0.5, 0.6) is 5.75 Å². The van der Waals surface area contributed by atoms with E-state index in [0.717, 1.165) is 32.1 Å². The summed E-state index contributed by atoms with van der Waals surface area (Å²) in [6.07, 6.45) is 8.15. The summed E-state index contributed by atoms with van der Waals surface area (Å²) in [5, 5.41) is 4.10. The van der Waals surface area contributed by atoms with Crippen LogP contribution < -0.4 is 4.74 Å². The molecule has 2 aliphatic rings. The highest BCUT2D eigenvalue weighted by Gasteiger charge is 2.38. The number of para-hydroxylation sites is 1. The molecule has 1 aromatic heterocycles. The van der Waals surface area contributed by atoms with Crippen LogP contribution in [0.4, 0.5) is 4.79 Å². The zero-order chi connectivity index (χ0) is 34.2. The molecule has 258 valence electrons. The summed E-state index contributed by atoms with van der Waals surface area (Å²) in [6.45, 7) is 8.35. The van der Waals surface area contributed by atoms with Crippen molar-refractivity contribution in [3.05, 3.63) is 48.3 Å². The normalized spacial score (nSPS) is 19.5. The largest absolute Gasteiger partial charge is 0.492 e. The Kier molecular flexibility index (Phi) is 11.9. The lowest BCUT2D eigenvalue weighted by Gasteiger charge is -2.42. The van der Waals surface area contributed by atoms with Gasteiger partial charge in [0, 0.05) is 65.1 Å². The molecule has 1 saturated heterocycles. The van der Waals surface area contributed by atoms with E-state index in [1.54, 1.807) is 77.2 Å². The fraction of sp³-hybridized carbons (Fsp3) is 0.629. The topological polar surface area (TPSA) is 118 Å². The van der Waals surface area contributed by atoms with Gasteiger partial charge < -0.3 is 29.1 Å². The Bertz CT molecular complexity index is 1360. The molecule has 4 rings (SSSR count). The molecule has 0 radical (unpaired) electrons. The summed E-state index contributed by atoms with van der Waals surface area (Å²) in [6, 6.07) is 8.27. The van der Waals surface area contributed by atoms with E-state index in [1.807, 2.05) is 26.8 Å². The molecule has 4 amide bonds. The second-order valence-corrected chi connectivity index (χ2v) is 14.1. The molecule has 0 bridgehead atoms. The third-order valence-electron chi connectivity index (χ3n) is 9.28. The smallest absolute Gasteiger partial charge is 0.410 e. The molecule has 1 fully saturated rings. The summed E-state index contributed by atoms with van der Waals surface area (Å²) in [5.74, 6) is -0.00525. The van der Waals surface area contributed by atoms with Crippen LogP contribution in [0.3, 0.4) is 0 Å². The molecule has 0 N–H and O–H groups in total. The molecule has 0 unspecified atom stereocenters. The Morgan fingerprint density at radius 3 is 2.45 bits per heavy atom. The molecular formula is C35H52N6O6. The first-order valence-electron chi connectivity index (χ1n) is 16.7. The quantitative estimate of drug-likeness (QED) is 0.457. The lowest BCUT2D eigenvalue weighted by Crippen LogP contribution is -2.49. The highest BCUT2D eigenvalue weighted by Crippen LogP contribution is 2.38. The lowest BCUT2D eigenvalue weighted by molar-refractivity contribution is -0.134. The van der Waals surface area contributed by atoms with E-state index in [4.69, 9.17) is 9.47 Å². The maximum atomic E-state index is 14.0. The van der Waals surface area contributed by atoms with E-state index in [1.165, 1.54) is 4.90 Å². The van der Waals surface area contributed by atoms with Gasteiger partial charge in [0.15, 0.2) is 0 Å². The molecule has 1 aromatic carbocycles. The number of ether oxygens (including phenoxy) is 2. The Morgan fingerprint density at radius 1 is 1.04 bits per heavy atom. The van der Waals surface area contributed by atoms with Gasteiger partial charge in [-0.2, -0.15) is 5.10 Å². The minimum atomic E-state index is -0.693. The van der Waals surface area contributed by atoms with E-state index in [2.05, 4.69) is 5.10 Å². The van der Waals surface area contributed by atoms with Crippen molar-refractivity contribution in [2.24, 2.45) is 5.41 Å². The van der Waals surface area contributed by atoms with Gasteiger partial charge >= 0.3 is 6.09 Å². The van der Waals surface area contributed by atoms with Crippen molar-refractivity contribution in [2.75, 3.05) is 53.9 Å². The van der Waals surface area contributed by atoms with Gasteiger partial charge in [0.25, 0.3) is 5.91 Å². The van der Waals surface area contributed by atoms with Gasteiger partial charge in [-0.15, -0.1) is 0 Å². The number of nitrogens with zero attached hydrogens (tertiary/aromatic N) is 6. The number of carbonyl (C=O) groups is 4. The van der Waals surface area contributed by atoms with Gasteiger partial charge in [0.2, 0.25) is 11.8 Å². The van der Waals surface area contributed by atoms with E-state index in [0.29, 0.717) is 56.9 Å². The number of hydrogen-bond acceptors (Lipinski definition) is 7. The van der Waals surface area contributed by atoms with Crippen molar-refractivity contribution in [2.45, 2.75) is 83.9 Å². The maximum Gasteiger partial charge on any atom is 0.410 e. The number of likely N-dealkylation sites (N-methyl/N-ethyl adjacent to an activating group) is 3. The number of fused-ring (bicyclic) bond motifs is 1. The lowest BCUT2D eigenvalue weighted by atomic mass is 9.75. The van der Waals surface area contributed by atoms with Crippen LogP contribution in [0.25, 0.3) is 0 Å². The van der Waals surface area contributed by atoms with Gasteiger partial charge in [-0.25, -0.2) is 4.79 Å². The van der Waals surface area contributed by atoms with Crippen molar-refractivity contribution in [1.29, 1.82) is 0 Å². The first-order chi connectivity index (χ1) is 22.3. The van der Waals surface area contributed by atoms with Crippen LogP contribution in [0, 0.1) is 5.41 Å². The number of hydrogen-bond donors (Lipinski definition) is 0. The van der Waals surface area contributed by atoms with E-state index in [-0.39, 0.29) is 35.8 Å². The van der Waals surface area contributed by atoms with Crippen LogP contribution in [-0.4, -0.2) is 119 Å². The number of aromatic nitrogens is 2. The van der Waals surface area contributed by atoms with Crippen LogP contribution in [0.15, 0.2) is 42.7 Å². The second-order valence-electron chi connectivity index (χ2n) is 14.1. The predicted octanol–water partition coefficient (Wildman–Crippen LogP) is 4.30. The highest BCUT2D eigenvalue weighted by molar-refractivity contribution is 5.99. The minimum Gasteiger partial charge on any atom is -0.492 e. The average molecular weight is 653 g/mol. The molecule has 0 saturated carbocycles. The summed E-state index contributed by atoms with van der Waals surface area (Å²) in [7, 11) is 5.21. The highest BCUT2D eigenvalue weighted by atomic mass is 16.6. The number of piperidine rings is 1. The Hall–Kier alpha value is -4.09. The molecule has 12 heteroatoms. The standard InChI is InChI=1S/C35H52N6O6/c1-34(2,3)47-33(45)40-23-17-35(18-24-40)16-9-10-20-38(5)32(44)28(14-11-21-37(4)30(42)25-41-22-12-19-36-41)39(6)31(43)27-13-7-8-15-29(27)46-26-35/h7-8,12-13,15,19,22,28H,9-11,14,16-18,20-21,23-26H2,1-6H3/t28-/m0/s1. The zero-order valence-electron chi connectivity index (χ0n) is 28.9. The monoisotopic (exact) mass is 652 g/mol. The SMILES string of the molecule is CN(CCC[C@H]1C(=O)N(C)CCCCC2(CCN(C(=O)OC(C)(C)C)CC2)COc2ccccc2C(=O)N1C)C(=O)Cn1cccn1. The molecule has 47 heavy (non-hydrogen) atoms. The molecule has 2 aromatic rings. The molecule has 0 aliphatic carbocycles. The third kappa shape index (κ3) is 9.71. The number of benzene rings is 1. The van der Waals surface area contributed by atoms with Crippen LogP contribution in [-0.2, 0) is 20.9 Å². The minimum absolute atomic E-state index is 0.0769. The summed E-state index contributed by atoms with van der Waals surface area (Å²) >= 11 is 0. The van der Waals surface area contributed by atoms with Crippen molar-refractivity contribution in [3.8, 4) is 5.75 Å². The first-order valence-corrected chi connectivity index (χ1v) is 16.7. The molecule has 3 heterocycles. The predicted molar refractivity (Wildman–Crippen MR) is 178 cm³/mol. The summed E-state index contributed by atoms with van der Waals surface area (Å²) in [5.41, 5.74) is -0.320. The van der Waals surface area contributed by atoms with E-state index < -0.39 is 11.6 Å². The Balaban J connectivity index is 1.47. The average Bonchev–Trinajstić information content (AvgIpc) is 3.55. The van der Waals surface area contributed by atoms with Crippen LogP contribution in [0.2, 0.25) is 0 Å². The number of carbonyl (C=O) groups excluding carboxylic acids is 4. The third-order valence-corrected chi connectivity index (χ3v) is 9.28. The summed E-state index contributed by atoms with van der Waals surface area (Å²) in [4.78, 5) is 59.9. The fourth-order valence-corrected chi connectivity index (χ4v) is 6.28. The van der Waals surface area contributed by atoms with Gasteiger partial charge in [-0.3, -0.25) is 19.1 Å². The van der Waals surface area contributed by atoms with E-state index >= 15 is 0 Å².